The lowest BCUT2D eigenvalue weighted by molar-refractivity contribution is 1.05. The molecule has 9 rings (SSSR count). The molecule has 0 radical (unpaired) electrons. The lowest BCUT2D eigenvalue weighted by Gasteiger charge is -2.12. The molecule has 3 heteroatoms. The Morgan fingerprint density at radius 2 is 0.936 bits per heavy atom. The summed E-state index contributed by atoms with van der Waals surface area (Å²) >= 11 is 0. The minimum Gasteiger partial charge on any atom is -0.294 e. The van der Waals surface area contributed by atoms with Crippen molar-refractivity contribution in [3.8, 4) is 50.7 Å². The minimum atomic E-state index is 0.705. The predicted octanol–water partition coefficient (Wildman–Crippen LogP) is 11.4. The van der Waals surface area contributed by atoms with Crippen molar-refractivity contribution >= 4 is 32.6 Å². The first kappa shape index (κ1) is 27.0. The normalized spacial score (nSPS) is 11.4. The summed E-state index contributed by atoms with van der Waals surface area (Å²) in [6, 6.07) is 62.0. The highest BCUT2D eigenvalue weighted by molar-refractivity contribution is 6.21. The number of benzene rings is 7. The quantitative estimate of drug-likeness (QED) is 0.197. The minimum absolute atomic E-state index is 0.705. The summed E-state index contributed by atoms with van der Waals surface area (Å²) in [6.07, 6.45) is 0. The predicted molar refractivity (Wildman–Crippen MR) is 196 cm³/mol. The number of rotatable bonds is 5. The van der Waals surface area contributed by atoms with Crippen LogP contribution in [0.25, 0.3) is 83.3 Å². The van der Waals surface area contributed by atoms with Crippen LogP contribution in [0, 0.1) is 0 Å². The van der Waals surface area contributed by atoms with Gasteiger partial charge in [-0.2, -0.15) is 0 Å². The third-order valence-corrected chi connectivity index (χ3v) is 9.02. The standard InChI is InChI=1S/C44H29N3/c1-4-12-30(13-5-1)31-20-22-32(23-21-31)35-24-26-37-36(28-35)25-27-41-43(37)38-18-10-11-19-40(38)47(41)42-29-39(33-14-6-2-7-15-33)45-44(46-42)34-16-8-3-9-17-34/h1-29H. The molecule has 0 saturated carbocycles. The summed E-state index contributed by atoms with van der Waals surface area (Å²) in [5.41, 5.74) is 10.0. The van der Waals surface area contributed by atoms with E-state index >= 15 is 0 Å². The highest BCUT2D eigenvalue weighted by atomic mass is 15.1. The first-order chi connectivity index (χ1) is 23.3. The van der Waals surface area contributed by atoms with E-state index < -0.39 is 0 Å². The smallest absolute Gasteiger partial charge is 0.162 e. The lowest BCUT2D eigenvalue weighted by atomic mass is 9.97. The van der Waals surface area contributed by atoms with Gasteiger partial charge in [0.2, 0.25) is 0 Å². The molecule has 3 nitrogen and oxygen atoms in total. The maximum Gasteiger partial charge on any atom is 0.162 e. The van der Waals surface area contributed by atoms with Crippen LogP contribution >= 0.6 is 0 Å². The van der Waals surface area contributed by atoms with E-state index in [9.17, 15) is 0 Å². The highest BCUT2D eigenvalue weighted by Gasteiger charge is 2.18. The zero-order valence-corrected chi connectivity index (χ0v) is 25.6. The van der Waals surface area contributed by atoms with Gasteiger partial charge in [0.1, 0.15) is 5.82 Å². The van der Waals surface area contributed by atoms with Crippen LogP contribution in [-0.2, 0) is 0 Å². The maximum absolute atomic E-state index is 5.19. The van der Waals surface area contributed by atoms with Crippen molar-refractivity contribution in [2.24, 2.45) is 0 Å². The van der Waals surface area contributed by atoms with Crippen LogP contribution in [0.2, 0.25) is 0 Å². The molecule has 0 spiro atoms. The van der Waals surface area contributed by atoms with Gasteiger partial charge in [-0.3, -0.25) is 4.57 Å². The molecule has 0 unspecified atom stereocenters. The van der Waals surface area contributed by atoms with Crippen molar-refractivity contribution in [3.05, 3.63) is 176 Å². The zero-order valence-electron chi connectivity index (χ0n) is 25.6. The second-order valence-corrected chi connectivity index (χ2v) is 11.9. The van der Waals surface area contributed by atoms with Crippen molar-refractivity contribution in [2.45, 2.75) is 0 Å². The molecule has 9 aromatic rings. The fraction of sp³-hybridized carbons (Fsp3) is 0. The Bertz CT molecular complexity index is 2480. The molecule has 0 fully saturated rings. The fourth-order valence-corrected chi connectivity index (χ4v) is 6.73. The Balaban J connectivity index is 1.22. The molecule has 2 aromatic heterocycles. The van der Waals surface area contributed by atoms with Gasteiger partial charge in [0.05, 0.1) is 16.7 Å². The lowest BCUT2D eigenvalue weighted by Crippen LogP contribution is -2.02. The van der Waals surface area contributed by atoms with Crippen molar-refractivity contribution in [1.29, 1.82) is 0 Å². The summed E-state index contributed by atoms with van der Waals surface area (Å²) in [6.45, 7) is 0. The molecule has 0 aliphatic carbocycles. The van der Waals surface area contributed by atoms with E-state index in [0.29, 0.717) is 5.82 Å². The van der Waals surface area contributed by atoms with Crippen LogP contribution in [0.3, 0.4) is 0 Å². The molecule has 220 valence electrons. The van der Waals surface area contributed by atoms with Gasteiger partial charge in [-0.25, -0.2) is 9.97 Å². The van der Waals surface area contributed by atoms with E-state index in [0.717, 1.165) is 33.7 Å². The maximum atomic E-state index is 5.19. The van der Waals surface area contributed by atoms with Gasteiger partial charge in [-0.15, -0.1) is 0 Å². The van der Waals surface area contributed by atoms with Gasteiger partial charge in [0.25, 0.3) is 0 Å². The second-order valence-electron chi connectivity index (χ2n) is 11.9. The van der Waals surface area contributed by atoms with Gasteiger partial charge in [-0.05, 0) is 51.2 Å². The molecule has 0 aliphatic rings. The van der Waals surface area contributed by atoms with E-state index in [4.69, 9.17) is 9.97 Å². The van der Waals surface area contributed by atoms with E-state index in [1.807, 2.05) is 24.3 Å². The van der Waals surface area contributed by atoms with E-state index in [1.165, 1.54) is 43.8 Å². The number of aromatic nitrogens is 3. The van der Waals surface area contributed by atoms with Crippen molar-refractivity contribution in [1.82, 2.24) is 14.5 Å². The van der Waals surface area contributed by atoms with Crippen LogP contribution in [0.5, 0.6) is 0 Å². The molecule has 0 bridgehead atoms. The topological polar surface area (TPSA) is 30.7 Å². The van der Waals surface area contributed by atoms with Gasteiger partial charge in [-0.1, -0.05) is 152 Å². The monoisotopic (exact) mass is 599 g/mol. The Labute approximate surface area is 273 Å². The highest BCUT2D eigenvalue weighted by Crippen LogP contribution is 2.39. The molecular formula is C44H29N3. The molecule has 0 aliphatic heterocycles. The molecule has 0 saturated heterocycles. The summed E-state index contributed by atoms with van der Waals surface area (Å²) in [7, 11) is 0. The van der Waals surface area contributed by atoms with Crippen molar-refractivity contribution in [3.63, 3.8) is 0 Å². The third-order valence-electron chi connectivity index (χ3n) is 9.02. The summed E-state index contributed by atoms with van der Waals surface area (Å²) in [5.74, 6) is 1.55. The average Bonchev–Trinajstić information content (AvgIpc) is 3.50. The van der Waals surface area contributed by atoms with E-state index in [2.05, 4.69) is 156 Å². The van der Waals surface area contributed by atoms with Crippen LogP contribution in [0.1, 0.15) is 0 Å². The van der Waals surface area contributed by atoms with Crippen LogP contribution in [-0.4, -0.2) is 14.5 Å². The van der Waals surface area contributed by atoms with Crippen LogP contribution in [0.4, 0.5) is 0 Å². The number of nitrogens with zero attached hydrogens (tertiary/aromatic N) is 3. The first-order valence-corrected chi connectivity index (χ1v) is 15.9. The Kier molecular flexibility index (Phi) is 6.46. The van der Waals surface area contributed by atoms with Crippen molar-refractivity contribution < 1.29 is 0 Å². The molecule has 7 aromatic carbocycles. The first-order valence-electron chi connectivity index (χ1n) is 15.9. The number of hydrogen-bond donors (Lipinski definition) is 0. The molecular weight excluding hydrogens is 571 g/mol. The van der Waals surface area contributed by atoms with E-state index in [1.54, 1.807) is 0 Å². The third kappa shape index (κ3) is 4.77. The zero-order chi connectivity index (χ0) is 31.2. The van der Waals surface area contributed by atoms with Crippen LogP contribution in [0.15, 0.2) is 176 Å². The molecule has 47 heavy (non-hydrogen) atoms. The van der Waals surface area contributed by atoms with Gasteiger partial charge < -0.3 is 0 Å². The van der Waals surface area contributed by atoms with Gasteiger partial charge >= 0.3 is 0 Å². The van der Waals surface area contributed by atoms with Gasteiger partial charge in [0, 0.05) is 28.0 Å². The second kappa shape index (κ2) is 11.2. The molecule has 2 heterocycles. The summed E-state index contributed by atoms with van der Waals surface area (Å²) in [5, 5.41) is 4.87. The van der Waals surface area contributed by atoms with Crippen molar-refractivity contribution in [2.75, 3.05) is 0 Å². The Morgan fingerprint density at radius 3 is 1.66 bits per heavy atom. The largest absolute Gasteiger partial charge is 0.294 e. The SMILES string of the molecule is c1ccc(-c2ccc(-c3ccc4c(ccc5c4c4ccccc4n5-c4cc(-c5ccccc5)nc(-c5ccccc5)n4)c3)cc2)cc1. The average molecular weight is 600 g/mol. The van der Waals surface area contributed by atoms with Crippen LogP contribution < -0.4 is 0 Å². The Hall–Kier alpha value is -6.32. The molecule has 0 N–H and O–H groups in total. The van der Waals surface area contributed by atoms with Gasteiger partial charge in [0.15, 0.2) is 5.82 Å². The fourth-order valence-electron chi connectivity index (χ4n) is 6.73. The summed E-state index contributed by atoms with van der Waals surface area (Å²) < 4.78 is 2.29. The summed E-state index contributed by atoms with van der Waals surface area (Å²) in [4.78, 5) is 10.2. The molecule has 0 amide bonds. The molecule has 0 atom stereocenters. The number of hydrogen-bond acceptors (Lipinski definition) is 2. The van der Waals surface area contributed by atoms with E-state index in [-0.39, 0.29) is 0 Å². The number of fused-ring (bicyclic) bond motifs is 5. The number of para-hydroxylation sites is 1. The Morgan fingerprint density at radius 1 is 0.362 bits per heavy atom.